The smallest absolute Gasteiger partial charge is 0.0665 e. The number of fused-ring (bicyclic) bond motifs is 1. The molecule has 0 saturated carbocycles. The highest BCUT2D eigenvalue weighted by molar-refractivity contribution is 9.10. The number of nitrogens with zero attached hydrogens (tertiary/aromatic N) is 1. The Labute approximate surface area is 139 Å². The van der Waals surface area contributed by atoms with Crippen LogP contribution in [0.2, 0.25) is 5.02 Å². The summed E-state index contributed by atoms with van der Waals surface area (Å²) in [5, 5.41) is 0.730. The summed E-state index contributed by atoms with van der Waals surface area (Å²) in [6.45, 7) is 1.63. The van der Waals surface area contributed by atoms with Crippen LogP contribution in [0.5, 0.6) is 0 Å². The van der Waals surface area contributed by atoms with Crippen molar-refractivity contribution in [2.75, 3.05) is 18.0 Å². The van der Waals surface area contributed by atoms with Crippen LogP contribution in [-0.4, -0.2) is 13.1 Å². The molecular formula is C17H18BrClN2. The number of hydrogen-bond acceptors (Lipinski definition) is 2. The van der Waals surface area contributed by atoms with Gasteiger partial charge in [0.2, 0.25) is 0 Å². The van der Waals surface area contributed by atoms with Gasteiger partial charge in [-0.3, -0.25) is 0 Å². The van der Waals surface area contributed by atoms with Gasteiger partial charge < -0.3 is 10.6 Å². The fourth-order valence-corrected chi connectivity index (χ4v) is 3.56. The molecule has 0 saturated heterocycles. The summed E-state index contributed by atoms with van der Waals surface area (Å²) in [4.78, 5) is 2.43. The Morgan fingerprint density at radius 3 is 2.81 bits per heavy atom. The van der Waals surface area contributed by atoms with E-state index < -0.39 is 0 Å². The first-order chi connectivity index (χ1) is 10.2. The topological polar surface area (TPSA) is 29.3 Å². The number of nitrogens with two attached hydrogens (primary N) is 1. The lowest BCUT2D eigenvalue weighted by Crippen LogP contribution is -2.37. The standard InChI is InChI=1S/C17H18BrClN2/c18-14-10-13(7-8-15(14)19)17(11-20)21-9-3-5-12-4-1-2-6-16(12)21/h1-2,4,6-8,10,17H,3,5,9,11,20H2. The molecular weight excluding hydrogens is 348 g/mol. The van der Waals surface area contributed by atoms with Gasteiger partial charge in [-0.1, -0.05) is 35.9 Å². The third kappa shape index (κ3) is 2.96. The summed E-state index contributed by atoms with van der Waals surface area (Å²) in [5.74, 6) is 0. The summed E-state index contributed by atoms with van der Waals surface area (Å²) in [6, 6.07) is 14.9. The summed E-state index contributed by atoms with van der Waals surface area (Å²) < 4.78 is 0.922. The van der Waals surface area contributed by atoms with Gasteiger partial charge in [0.25, 0.3) is 0 Å². The molecule has 0 bridgehead atoms. The van der Waals surface area contributed by atoms with Gasteiger partial charge >= 0.3 is 0 Å². The number of aryl methyl sites for hydroxylation is 1. The van der Waals surface area contributed by atoms with Crippen LogP contribution in [0.1, 0.15) is 23.6 Å². The molecule has 0 aromatic heterocycles. The van der Waals surface area contributed by atoms with Crippen molar-refractivity contribution >= 4 is 33.2 Å². The van der Waals surface area contributed by atoms with Crippen LogP contribution in [0.4, 0.5) is 5.69 Å². The van der Waals surface area contributed by atoms with Crippen LogP contribution in [-0.2, 0) is 6.42 Å². The fraction of sp³-hybridized carbons (Fsp3) is 0.294. The summed E-state index contributed by atoms with van der Waals surface area (Å²) >= 11 is 9.61. The van der Waals surface area contributed by atoms with E-state index in [-0.39, 0.29) is 6.04 Å². The monoisotopic (exact) mass is 364 g/mol. The van der Waals surface area contributed by atoms with E-state index >= 15 is 0 Å². The molecule has 2 aromatic rings. The van der Waals surface area contributed by atoms with Crippen LogP contribution in [0, 0.1) is 0 Å². The molecule has 0 fully saturated rings. The molecule has 21 heavy (non-hydrogen) atoms. The van der Waals surface area contributed by atoms with Crippen molar-refractivity contribution in [2.45, 2.75) is 18.9 Å². The van der Waals surface area contributed by atoms with E-state index in [0.29, 0.717) is 6.54 Å². The van der Waals surface area contributed by atoms with Crippen molar-refractivity contribution in [3.8, 4) is 0 Å². The van der Waals surface area contributed by atoms with Gasteiger partial charge in [-0.05, 0) is 58.1 Å². The predicted molar refractivity (Wildman–Crippen MR) is 93.1 cm³/mol. The molecule has 3 rings (SSSR count). The van der Waals surface area contributed by atoms with Crippen molar-refractivity contribution in [3.05, 3.63) is 63.1 Å². The summed E-state index contributed by atoms with van der Waals surface area (Å²) in [6.07, 6.45) is 2.32. The van der Waals surface area contributed by atoms with Crippen LogP contribution in [0.15, 0.2) is 46.9 Å². The lowest BCUT2D eigenvalue weighted by Gasteiger charge is -2.38. The SMILES string of the molecule is NCC(c1ccc(Cl)c(Br)c1)N1CCCc2ccccc21. The molecule has 1 aliphatic rings. The summed E-state index contributed by atoms with van der Waals surface area (Å²) in [5.41, 5.74) is 10.0. The molecule has 0 amide bonds. The maximum absolute atomic E-state index is 6.10. The zero-order valence-electron chi connectivity index (χ0n) is 11.7. The normalized spacial score (nSPS) is 15.7. The Morgan fingerprint density at radius 2 is 2.05 bits per heavy atom. The van der Waals surface area contributed by atoms with Crippen LogP contribution < -0.4 is 10.6 Å². The van der Waals surface area contributed by atoms with E-state index in [1.807, 2.05) is 6.07 Å². The maximum atomic E-state index is 6.10. The molecule has 110 valence electrons. The van der Waals surface area contributed by atoms with Gasteiger partial charge in [0.1, 0.15) is 0 Å². The number of benzene rings is 2. The number of hydrogen-bond donors (Lipinski definition) is 1. The van der Waals surface area contributed by atoms with Crippen molar-refractivity contribution in [1.82, 2.24) is 0 Å². The van der Waals surface area contributed by atoms with Crippen LogP contribution in [0.25, 0.3) is 0 Å². The quantitative estimate of drug-likeness (QED) is 0.864. The molecule has 0 spiro atoms. The minimum Gasteiger partial charge on any atom is -0.363 e. The van der Waals surface area contributed by atoms with Gasteiger partial charge in [0.05, 0.1) is 11.1 Å². The Morgan fingerprint density at radius 1 is 1.24 bits per heavy atom. The minimum atomic E-state index is 0.181. The van der Waals surface area contributed by atoms with Crippen molar-refractivity contribution in [3.63, 3.8) is 0 Å². The van der Waals surface area contributed by atoms with E-state index in [2.05, 4.69) is 57.2 Å². The third-order valence-corrected chi connectivity index (χ3v) is 5.29. The third-order valence-electron chi connectivity index (χ3n) is 4.07. The van der Waals surface area contributed by atoms with E-state index in [1.165, 1.54) is 23.2 Å². The second kappa shape index (κ2) is 6.39. The highest BCUT2D eigenvalue weighted by atomic mass is 79.9. The predicted octanol–water partition coefficient (Wildman–Crippen LogP) is 4.56. The molecule has 4 heteroatoms. The highest BCUT2D eigenvalue weighted by Gasteiger charge is 2.24. The Bertz CT molecular complexity index is 644. The average Bonchev–Trinajstić information content (AvgIpc) is 2.52. The van der Waals surface area contributed by atoms with Gasteiger partial charge in [0, 0.05) is 23.2 Å². The molecule has 0 radical (unpaired) electrons. The molecule has 2 aromatic carbocycles. The number of para-hydroxylation sites is 1. The zero-order valence-corrected chi connectivity index (χ0v) is 14.1. The van der Waals surface area contributed by atoms with Gasteiger partial charge in [-0.2, -0.15) is 0 Å². The first kappa shape index (κ1) is 14.9. The molecule has 2 N–H and O–H groups in total. The number of rotatable bonds is 3. The Kier molecular flexibility index (Phi) is 4.53. The van der Waals surface area contributed by atoms with Gasteiger partial charge in [-0.25, -0.2) is 0 Å². The fourth-order valence-electron chi connectivity index (χ4n) is 3.05. The average molecular weight is 366 g/mol. The number of halogens is 2. The van der Waals surface area contributed by atoms with E-state index in [0.717, 1.165) is 22.5 Å². The largest absolute Gasteiger partial charge is 0.363 e. The van der Waals surface area contributed by atoms with E-state index in [1.54, 1.807) is 0 Å². The maximum Gasteiger partial charge on any atom is 0.0665 e. The van der Waals surface area contributed by atoms with E-state index in [4.69, 9.17) is 17.3 Å². The lowest BCUT2D eigenvalue weighted by atomic mass is 9.97. The number of anilines is 1. The second-order valence-corrected chi connectivity index (χ2v) is 6.61. The molecule has 2 nitrogen and oxygen atoms in total. The second-order valence-electron chi connectivity index (χ2n) is 5.35. The van der Waals surface area contributed by atoms with Crippen molar-refractivity contribution in [1.29, 1.82) is 0 Å². The van der Waals surface area contributed by atoms with E-state index in [9.17, 15) is 0 Å². The van der Waals surface area contributed by atoms with Crippen LogP contribution in [0.3, 0.4) is 0 Å². The molecule has 0 aliphatic carbocycles. The van der Waals surface area contributed by atoms with Gasteiger partial charge in [0.15, 0.2) is 0 Å². The minimum absolute atomic E-state index is 0.181. The van der Waals surface area contributed by atoms with Gasteiger partial charge in [-0.15, -0.1) is 0 Å². The molecule has 1 atom stereocenters. The zero-order chi connectivity index (χ0) is 14.8. The lowest BCUT2D eigenvalue weighted by molar-refractivity contribution is 0.587. The Balaban J connectivity index is 1.99. The molecule has 1 aliphatic heterocycles. The van der Waals surface area contributed by atoms with Crippen molar-refractivity contribution in [2.24, 2.45) is 5.73 Å². The van der Waals surface area contributed by atoms with Crippen molar-refractivity contribution < 1.29 is 0 Å². The first-order valence-electron chi connectivity index (χ1n) is 7.20. The summed E-state index contributed by atoms with van der Waals surface area (Å²) in [7, 11) is 0. The first-order valence-corrected chi connectivity index (χ1v) is 8.37. The molecule has 1 unspecified atom stereocenters. The molecule has 1 heterocycles. The Hall–Kier alpha value is -1.03. The van der Waals surface area contributed by atoms with Crippen LogP contribution >= 0.6 is 27.5 Å². The highest BCUT2D eigenvalue weighted by Crippen LogP contribution is 2.35.